The van der Waals surface area contributed by atoms with Crippen molar-refractivity contribution in [1.82, 2.24) is 9.88 Å². The van der Waals surface area contributed by atoms with Gasteiger partial charge >= 0.3 is 0 Å². The largest absolute Gasteiger partial charge is 0.494 e. The van der Waals surface area contributed by atoms with Gasteiger partial charge in [0.2, 0.25) is 0 Å². The monoisotopic (exact) mass is 455 g/mol. The Bertz CT molecular complexity index is 1640. The second-order valence-electron chi connectivity index (χ2n) is 6.97. The number of aryl methyl sites for hydroxylation is 1. The molecular formula is C26H27FN4O2. The van der Waals surface area contributed by atoms with Gasteiger partial charge in [-0.3, -0.25) is 9.78 Å². The highest BCUT2D eigenvalue weighted by Crippen LogP contribution is 2.34. The highest BCUT2D eigenvalue weighted by atomic mass is 19.1. The first-order valence-corrected chi connectivity index (χ1v) is 9.93. The van der Waals surface area contributed by atoms with Crippen molar-refractivity contribution in [3.8, 4) is 11.8 Å². The zero-order chi connectivity index (χ0) is 31.7. The van der Waals surface area contributed by atoms with Gasteiger partial charge < -0.3 is 15.0 Å². The number of halogens is 1. The van der Waals surface area contributed by atoms with E-state index in [9.17, 15) is 14.4 Å². The quantitative estimate of drug-likeness (QED) is 0.461. The molecule has 0 aliphatic carbocycles. The number of fused-ring (bicyclic) bond motifs is 1. The Kier molecular flexibility index (Phi) is 4.67. The summed E-state index contributed by atoms with van der Waals surface area (Å²) < 4.78 is 91.9. The minimum absolute atomic E-state index is 0.0114. The van der Waals surface area contributed by atoms with E-state index >= 15 is 0 Å². The third kappa shape index (κ3) is 5.93. The Morgan fingerprint density at radius 2 is 2.33 bits per heavy atom. The number of nitrogens with one attached hydrogen (secondary N) is 1. The van der Waals surface area contributed by atoms with Crippen molar-refractivity contribution in [3.05, 3.63) is 71.1 Å². The predicted octanol–water partition coefficient (Wildman–Crippen LogP) is 4.93. The summed E-state index contributed by atoms with van der Waals surface area (Å²) >= 11 is 0. The minimum Gasteiger partial charge on any atom is -0.494 e. The molecule has 170 valence electrons. The smallest absolute Gasteiger partial charge is 0.159 e. The standard InChI is InChI=1S/C26H27FN4O2/c1-5-33-25-14-24-22(13-18(25)12-21(32)7-6-10-31(3)4)26(19(15-28)16-29-24)30-20-8-9-23(27)17(2)11-20/h6-9,11,13-14,16H,5,10,12H2,1-4H3,(H,29,30)/b7-6+/i3D3,7D,10D2,13D,14D,16D. The number of rotatable bonds is 9. The second kappa shape index (κ2) is 10.7. The predicted molar refractivity (Wildman–Crippen MR) is 128 cm³/mol. The molecule has 33 heavy (non-hydrogen) atoms. The van der Waals surface area contributed by atoms with Gasteiger partial charge in [-0.25, -0.2) is 4.39 Å². The number of hydrogen-bond donors (Lipinski definition) is 1. The van der Waals surface area contributed by atoms with E-state index in [2.05, 4.69) is 10.3 Å². The van der Waals surface area contributed by atoms with E-state index in [1.54, 1.807) is 6.92 Å². The lowest BCUT2D eigenvalue weighted by atomic mass is 10.0. The summed E-state index contributed by atoms with van der Waals surface area (Å²) in [4.78, 5) is 17.5. The van der Waals surface area contributed by atoms with E-state index in [1.807, 2.05) is 6.07 Å². The zero-order valence-corrected chi connectivity index (χ0v) is 18.3. The van der Waals surface area contributed by atoms with E-state index in [0.717, 1.165) is 7.05 Å². The van der Waals surface area contributed by atoms with Crippen molar-refractivity contribution in [3.63, 3.8) is 0 Å². The maximum absolute atomic E-state index is 13.9. The summed E-state index contributed by atoms with van der Waals surface area (Å²) in [5.74, 6) is -1.70. The third-order valence-electron chi connectivity index (χ3n) is 4.45. The number of anilines is 2. The highest BCUT2D eigenvalue weighted by Gasteiger charge is 2.16. The van der Waals surface area contributed by atoms with Crippen LogP contribution in [0, 0.1) is 24.1 Å². The molecule has 3 rings (SSSR count). The zero-order valence-electron chi connectivity index (χ0n) is 27.3. The summed E-state index contributed by atoms with van der Waals surface area (Å²) in [5.41, 5.74) is -0.108. The number of aromatic nitrogens is 1. The number of pyridine rings is 1. The lowest BCUT2D eigenvalue weighted by Gasteiger charge is -2.15. The molecule has 6 nitrogen and oxygen atoms in total. The number of nitrogens with zero attached hydrogens (tertiary/aromatic N) is 3. The fourth-order valence-corrected chi connectivity index (χ4v) is 2.96. The van der Waals surface area contributed by atoms with Gasteiger partial charge in [-0.05, 0) is 63.7 Å². The minimum atomic E-state index is -2.85. The topological polar surface area (TPSA) is 78.2 Å². The fraction of sp³-hybridized carbons (Fsp3) is 0.269. The van der Waals surface area contributed by atoms with Crippen molar-refractivity contribution >= 4 is 28.1 Å². The first-order valence-electron chi connectivity index (χ1n) is 14.4. The fourth-order valence-electron chi connectivity index (χ4n) is 2.96. The molecule has 0 amide bonds. The number of benzene rings is 2. The van der Waals surface area contributed by atoms with Crippen LogP contribution in [0.3, 0.4) is 0 Å². The molecule has 0 bridgehead atoms. The molecule has 0 saturated heterocycles. The maximum atomic E-state index is 13.9. The van der Waals surface area contributed by atoms with Gasteiger partial charge in [0.15, 0.2) is 5.78 Å². The van der Waals surface area contributed by atoms with Crippen molar-refractivity contribution in [1.29, 1.82) is 5.26 Å². The number of carbonyl (C=O) groups is 1. The maximum Gasteiger partial charge on any atom is 0.159 e. The molecule has 7 heteroatoms. The summed E-state index contributed by atoms with van der Waals surface area (Å²) in [6.07, 6.45) is -0.666. The molecule has 0 fully saturated rings. The number of carbonyl (C=O) groups excluding carboxylic acids is 1. The van der Waals surface area contributed by atoms with Crippen LogP contribution in [0.2, 0.25) is 0 Å². The first-order chi connectivity index (χ1) is 19.4. The van der Waals surface area contributed by atoms with Gasteiger partial charge in [0.25, 0.3) is 0 Å². The SMILES string of the molecule is [2H]/C(=C\C([2H])([2H])N(C)C([2H])([2H])[2H])C(=O)Cc1c(OCC)c([2H])c2nc([2H])c(C#N)c(Nc3ccc(F)c(C)c3)c2c1[2H]. The molecule has 2 aromatic carbocycles. The molecule has 0 aliphatic heterocycles. The Balaban J connectivity index is 2.25. The number of ketones is 1. The number of allylic oxidation sites excluding steroid dienone is 1. The van der Waals surface area contributed by atoms with Gasteiger partial charge in [-0.1, -0.05) is 6.08 Å². The van der Waals surface area contributed by atoms with E-state index in [-0.39, 0.29) is 45.6 Å². The van der Waals surface area contributed by atoms with Crippen LogP contribution in [-0.4, -0.2) is 42.8 Å². The molecule has 0 atom stereocenters. The van der Waals surface area contributed by atoms with Crippen molar-refractivity contribution < 1.29 is 26.3 Å². The summed E-state index contributed by atoms with van der Waals surface area (Å²) in [5, 5.41) is 12.6. The highest BCUT2D eigenvalue weighted by molar-refractivity contribution is 5.98. The lowest BCUT2D eigenvalue weighted by Crippen LogP contribution is -2.11. The molecule has 0 spiro atoms. The molecule has 1 heterocycles. The molecule has 3 aromatic rings. The number of ether oxygens (including phenoxy) is 1. The Hall–Kier alpha value is -3.76. The van der Waals surface area contributed by atoms with Crippen LogP contribution in [0.25, 0.3) is 10.9 Å². The third-order valence-corrected chi connectivity index (χ3v) is 4.45. The first kappa shape index (κ1) is 14.4. The molecule has 1 aromatic heterocycles. The normalized spacial score (nSPS) is 16.2. The van der Waals surface area contributed by atoms with Crippen LogP contribution >= 0.6 is 0 Å². The van der Waals surface area contributed by atoms with Crippen molar-refractivity contribution in [2.75, 3.05) is 32.4 Å². The summed E-state index contributed by atoms with van der Waals surface area (Å²) in [7, 11) is 0.976. The van der Waals surface area contributed by atoms with Gasteiger partial charge in [0.1, 0.15) is 17.6 Å². The summed E-state index contributed by atoms with van der Waals surface area (Å²) in [6.45, 7) is -2.42. The molecular weight excluding hydrogens is 419 g/mol. The molecule has 0 aliphatic rings. The Morgan fingerprint density at radius 1 is 1.52 bits per heavy atom. The number of nitriles is 1. The van der Waals surface area contributed by atoms with Crippen LogP contribution in [0.4, 0.5) is 15.8 Å². The van der Waals surface area contributed by atoms with E-state index in [1.165, 1.54) is 25.1 Å². The van der Waals surface area contributed by atoms with E-state index < -0.39 is 55.8 Å². The van der Waals surface area contributed by atoms with Gasteiger partial charge in [-0.15, -0.1) is 0 Å². The van der Waals surface area contributed by atoms with Crippen LogP contribution < -0.4 is 10.1 Å². The van der Waals surface area contributed by atoms with Crippen molar-refractivity contribution in [2.24, 2.45) is 0 Å². The molecule has 1 N–H and O–H groups in total. The average molecular weight is 456 g/mol. The average Bonchev–Trinajstić information content (AvgIpc) is 2.89. The number of hydrogen-bond acceptors (Lipinski definition) is 6. The van der Waals surface area contributed by atoms with Gasteiger partial charge in [-0.2, -0.15) is 5.26 Å². The lowest BCUT2D eigenvalue weighted by molar-refractivity contribution is -0.114. The molecule has 0 radical (unpaired) electrons. The molecule has 0 saturated carbocycles. The van der Waals surface area contributed by atoms with E-state index in [4.69, 9.17) is 17.1 Å². The van der Waals surface area contributed by atoms with Gasteiger partial charge in [0.05, 0.1) is 28.9 Å². The Morgan fingerprint density at radius 3 is 3.03 bits per heavy atom. The van der Waals surface area contributed by atoms with Crippen LogP contribution in [-0.2, 0) is 11.2 Å². The van der Waals surface area contributed by atoms with Crippen molar-refractivity contribution in [2.45, 2.75) is 20.3 Å². The van der Waals surface area contributed by atoms with E-state index in [0.29, 0.717) is 16.7 Å². The molecule has 0 unspecified atom stereocenters. The number of likely N-dealkylation sites (N-methyl/N-ethyl adjacent to an activating group) is 1. The van der Waals surface area contributed by atoms with Crippen LogP contribution in [0.1, 0.15) is 36.0 Å². The Labute approximate surface area is 206 Å². The second-order valence-corrected chi connectivity index (χ2v) is 6.97. The van der Waals surface area contributed by atoms with Gasteiger partial charge in [0, 0.05) is 48.6 Å². The van der Waals surface area contributed by atoms with Crippen LogP contribution in [0.15, 0.2) is 48.6 Å². The summed E-state index contributed by atoms with van der Waals surface area (Å²) in [6, 6.07) is 4.19. The van der Waals surface area contributed by atoms with Crippen LogP contribution in [0.5, 0.6) is 5.75 Å².